The zero-order chi connectivity index (χ0) is 11.2. The minimum Gasteiger partial charge on any atom is -0.481 e. The highest BCUT2D eigenvalue weighted by Crippen LogP contribution is 2.57. The van der Waals surface area contributed by atoms with E-state index in [4.69, 9.17) is 14.6 Å². The Bertz CT molecular complexity index is 288. The maximum Gasteiger partial charge on any atom is 0.306 e. The second-order valence-electron chi connectivity index (χ2n) is 5.55. The molecule has 1 saturated heterocycles. The first-order valence-electron chi connectivity index (χ1n) is 6.14. The number of carboxylic acid groups (broad SMARTS) is 1. The molecular formula is C12H18O4. The van der Waals surface area contributed by atoms with Gasteiger partial charge in [0.25, 0.3) is 0 Å². The Labute approximate surface area is 94.9 Å². The lowest BCUT2D eigenvalue weighted by atomic mass is 9.55. The summed E-state index contributed by atoms with van der Waals surface area (Å²) in [4.78, 5) is 10.8. The molecule has 0 unspecified atom stereocenters. The van der Waals surface area contributed by atoms with E-state index in [0.29, 0.717) is 18.6 Å². The van der Waals surface area contributed by atoms with Crippen molar-refractivity contribution < 1.29 is 19.4 Å². The van der Waals surface area contributed by atoms with Gasteiger partial charge in [0.2, 0.25) is 0 Å². The maximum atomic E-state index is 10.8. The minimum atomic E-state index is -0.626. The third-order valence-electron chi connectivity index (χ3n) is 4.59. The molecule has 0 aromatic heterocycles. The minimum absolute atomic E-state index is 0.0977. The largest absolute Gasteiger partial charge is 0.481 e. The Morgan fingerprint density at radius 3 is 2.12 bits per heavy atom. The number of hydrogen-bond acceptors (Lipinski definition) is 3. The molecule has 0 aromatic rings. The van der Waals surface area contributed by atoms with Gasteiger partial charge in [0.15, 0.2) is 5.79 Å². The fourth-order valence-electron chi connectivity index (χ4n) is 3.52. The van der Waals surface area contributed by atoms with Gasteiger partial charge in [-0.25, -0.2) is 0 Å². The average Bonchev–Trinajstić information content (AvgIpc) is 2.65. The van der Waals surface area contributed by atoms with Crippen molar-refractivity contribution in [3.63, 3.8) is 0 Å². The Morgan fingerprint density at radius 2 is 1.62 bits per heavy atom. The Balaban J connectivity index is 1.57. The molecule has 0 aromatic carbocycles. The summed E-state index contributed by atoms with van der Waals surface area (Å²) in [6.07, 6.45) is 5.74. The second kappa shape index (κ2) is 3.44. The van der Waals surface area contributed by atoms with Crippen molar-refractivity contribution in [2.75, 3.05) is 13.2 Å². The van der Waals surface area contributed by atoms with E-state index >= 15 is 0 Å². The van der Waals surface area contributed by atoms with E-state index in [1.807, 2.05) is 0 Å². The van der Waals surface area contributed by atoms with Crippen molar-refractivity contribution in [1.29, 1.82) is 0 Å². The van der Waals surface area contributed by atoms with Gasteiger partial charge in [0.05, 0.1) is 19.1 Å². The number of aliphatic carboxylic acids is 1. The van der Waals surface area contributed by atoms with Gasteiger partial charge in [-0.1, -0.05) is 0 Å². The molecule has 0 bridgehead atoms. The molecule has 0 amide bonds. The smallest absolute Gasteiger partial charge is 0.306 e. The van der Waals surface area contributed by atoms with Gasteiger partial charge in [-0.05, 0) is 31.1 Å². The number of carboxylic acids is 1. The van der Waals surface area contributed by atoms with Gasteiger partial charge in [0.1, 0.15) is 0 Å². The van der Waals surface area contributed by atoms with Crippen LogP contribution in [0.5, 0.6) is 0 Å². The molecule has 3 aliphatic rings. The van der Waals surface area contributed by atoms with Crippen LogP contribution in [-0.4, -0.2) is 30.1 Å². The zero-order valence-electron chi connectivity index (χ0n) is 9.41. The zero-order valence-corrected chi connectivity index (χ0v) is 9.41. The molecule has 1 heterocycles. The van der Waals surface area contributed by atoms with Gasteiger partial charge < -0.3 is 14.6 Å². The molecule has 2 aliphatic carbocycles. The fourth-order valence-corrected chi connectivity index (χ4v) is 3.52. The molecule has 0 atom stereocenters. The average molecular weight is 226 g/mol. The van der Waals surface area contributed by atoms with Crippen molar-refractivity contribution in [2.45, 2.75) is 44.3 Å². The SMILES string of the molecule is O=C(O)C1CC2(CCC3(CC2)OCCO3)C1. The van der Waals surface area contributed by atoms with E-state index in [9.17, 15) is 4.79 Å². The van der Waals surface area contributed by atoms with E-state index < -0.39 is 5.97 Å². The molecule has 3 rings (SSSR count). The summed E-state index contributed by atoms with van der Waals surface area (Å²) < 4.78 is 11.4. The standard InChI is InChI=1S/C12H18O4/c13-10(14)9-7-11(8-9)1-3-12(4-2-11)15-5-6-16-12/h9H,1-8H2,(H,13,14). The van der Waals surface area contributed by atoms with Gasteiger partial charge in [-0.15, -0.1) is 0 Å². The summed E-state index contributed by atoms with van der Waals surface area (Å²) >= 11 is 0. The summed E-state index contributed by atoms with van der Waals surface area (Å²) in [7, 11) is 0. The molecule has 4 nitrogen and oxygen atoms in total. The van der Waals surface area contributed by atoms with Crippen LogP contribution in [-0.2, 0) is 14.3 Å². The summed E-state index contributed by atoms with van der Waals surface area (Å²) in [5.41, 5.74) is 0.295. The molecule has 4 heteroatoms. The van der Waals surface area contributed by atoms with Crippen LogP contribution in [0.1, 0.15) is 38.5 Å². The van der Waals surface area contributed by atoms with Gasteiger partial charge >= 0.3 is 5.97 Å². The Morgan fingerprint density at radius 1 is 1.06 bits per heavy atom. The Hall–Kier alpha value is -0.610. The van der Waals surface area contributed by atoms with Crippen molar-refractivity contribution >= 4 is 5.97 Å². The first-order chi connectivity index (χ1) is 7.63. The van der Waals surface area contributed by atoms with Crippen LogP contribution < -0.4 is 0 Å². The third kappa shape index (κ3) is 1.55. The predicted octanol–water partition coefficient (Wildman–Crippen LogP) is 1.78. The molecule has 1 N–H and O–H groups in total. The van der Waals surface area contributed by atoms with Crippen LogP contribution in [0.15, 0.2) is 0 Å². The summed E-state index contributed by atoms with van der Waals surface area (Å²) in [5, 5.41) is 8.90. The maximum absolute atomic E-state index is 10.8. The van der Waals surface area contributed by atoms with Crippen LogP contribution in [0.25, 0.3) is 0 Å². The number of ether oxygens (including phenoxy) is 2. The molecule has 2 saturated carbocycles. The van der Waals surface area contributed by atoms with Crippen molar-refractivity contribution in [3.8, 4) is 0 Å². The highest BCUT2D eigenvalue weighted by atomic mass is 16.7. The third-order valence-corrected chi connectivity index (χ3v) is 4.59. The van der Waals surface area contributed by atoms with Crippen molar-refractivity contribution in [1.82, 2.24) is 0 Å². The lowest BCUT2D eigenvalue weighted by Gasteiger charge is -2.51. The van der Waals surface area contributed by atoms with Gasteiger partial charge in [-0.2, -0.15) is 0 Å². The normalized spacial score (nSPS) is 31.8. The molecule has 16 heavy (non-hydrogen) atoms. The van der Waals surface area contributed by atoms with Gasteiger partial charge in [0, 0.05) is 12.8 Å². The Kier molecular flexibility index (Phi) is 2.27. The fraction of sp³-hybridized carbons (Fsp3) is 0.917. The quantitative estimate of drug-likeness (QED) is 0.740. The molecule has 90 valence electrons. The molecule has 0 radical (unpaired) electrons. The molecular weight excluding hydrogens is 208 g/mol. The molecule has 3 fully saturated rings. The van der Waals surface area contributed by atoms with Crippen LogP contribution in [0.4, 0.5) is 0 Å². The first-order valence-corrected chi connectivity index (χ1v) is 6.14. The monoisotopic (exact) mass is 226 g/mol. The topological polar surface area (TPSA) is 55.8 Å². The number of rotatable bonds is 1. The van der Waals surface area contributed by atoms with E-state index in [0.717, 1.165) is 38.5 Å². The number of carbonyl (C=O) groups is 1. The summed E-state index contributed by atoms with van der Waals surface area (Å²) in [6.45, 7) is 1.43. The van der Waals surface area contributed by atoms with Crippen LogP contribution in [0.2, 0.25) is 0 Å². The van der Waals surface area contributed by atoms with Gasteiger partial charge in [-0.3, -0.25) is 4.79 Å². The highest BCUT2D eigenvalue weighted by Gasteiger charge is 2.53. The second-order valence-corrected chi connectivity index (χ2v) is 5.55. The lowest BCUT2D eigenvalue weighted by Crippen LogP contribution is -2.48. The highest BCUT2D eigenvalue weighted by molar-refractivity contribution is 5.71. The van der Waals surface area contributed by atoms with E-state index in [2.05, 4.69) is 0 Å². The van der Waals surface area contributed by atoms with Crippen molar-refractivity contribution in [3.05, 3.63) is 0 Å². The predicted molar refractivity (Wildman–Crippen MR) is 55.9 cm³/mol. The van der Waals surface area contributed by atoms with E-state index in [1.165, 1.54) is 0 Å². The van der Waals surface area contributed by atoms with Crippen LogP contribution in [0.3, 0.4) is 0 Å². The van der Waals surface area contributed by atoms with E-state index in [-0.39, 0.29) is 11.7 Å². The van der Waals surface area contributed by atoms with E-state index in [1.54, 1.807) is 0 Å². The molecule has 1 aliphatic heterocycles. The van der Waals surface area contributed by atoms with Crippen LogP contribution >= 0.6 is 0 Å². The van der Waals surface area contributed by atoms with Crippen LogP contribution in [0, 0.1) is 11.3 Å². The summed E-state index contributed by atoms with van der Waals surface area (Å²) in [6, 6.07) is 0. The first kappa shape index (κ1) is 10.5. The van der Waals surface area contributed by atoms with Crippen molar-refractivity contribution in [2.24, 2.45) is 11.3 Å². The molecule has 2 spiro atoms. The summed E-state index contributed by atoms with van der Waals surface area (Å²) in [5.74, 6) is -1.03. The lowest BCUT2D eigenvalue weighted by molar-refractivity contribution is -0.204. The number of hydrogen-bond donors (Lipinski definition) is 1.